The van der Waals surface area contributed by atoms with Gasteiger partial charge < -0.3 is 9.67 Å². The summed E-state index contributed by atoms with van der Waals surface area (Å²) >= 11 is 0. The predicted molar refractivity (Wildman–Crippen MR) is 81.7 cm³/mol. The first kappa shape index (κ1) is 13.4. The number of aromatic nitrogens is 1. The Morgan fingerprint density at radius 2 is 1.70 bits per heavy atom. The van der Waals surface area contributed by atoms with Crippen LogP contribution in [-0.2, 0) is 13.2 Å². The van der Waals surface area contributed by atoms with E-state index in [1.165, 1.54) is 43.4 Å². The summed E-state index contributed by atoms with van der Waals surface area (Å²) in [5.74, 6) is 0.674. The van der Waals surface area contributed by atoms with Crippen molar-refractivity contribution in [2.24, 2.45) is 0 Å². The summed E-state index contributed by atoms with van der Waals surface area (Å²) in [5.41, 5.74) is 3.75. The van der Waals surface area contributed by atoms with E-state index >= 15 is 0 Å². The fourth-order valence-electron chi connectivity index (χ4n) is 3.38. The molecule has 0 atom stereocenters. The highest BCUT2D eigenvalue weighted by atomic mass is 16.3. The third-order valence-electron chi connectivity index (χ3n) is 4.47. The van der Waals surface area contributed by atoms with Gasteiger partial charge in [0.25, 0.3) is 0 Å². The summed E-state index contributed by atoms with van der Waals surface area (Å²) in [6.45, 7) is 0.995. The second kappa shape index (κ2) is 6.27. The maximum Gasteiger partial charge on any atom is 0.0833 e. The van der Waals surface area contributed by atoms with Crippen LogP contribution in [0.5, 0.6) is 0 Å². The van der Waals surface area contributed by atoms with Crippen LogP contribution in [0.25, 0.3) is 0 Å². The lowest BCUT2D eigenvalue weighted by molar-refractivity contribution is 0.270. The van der Waals surface area contributed by atoms with Crippen LogP contribution in [-0.4, -0.2) is 9.67 Å². The molecule has 3 rings (SSSR count). The molecule has 0 bridgehead atoms. The Morgan fingerprint density at radius 1 is 0.950 bits per heavy atom. The molecule has 0 aliphatic heterocycles. The molecule has 1 aliphatic rings. The van der Waals surface area contributed by atoms with Gasteiger partial charge in [-0.3, -0.25) is 0 Å². The minimum atomic E-state index is 0.125. The molecular weight excluding hydrogens is 246 g/mol. The third kappa shape index (κ3) is 2.80. The van der Waals surface area contributed by atoms with Crippen molar-refractivity contribution in [2.75, 3.05) is 0 Å². The Labute approximate surface area is 121 Å². The maximum atomic E-state index is 9.59. The van der Waals surface area contributed by atoms with Gasteiger partial charge in [0.1, 0.15) is 0 Å². The Morgan fingerprint density at radius 3 is 2.40 bits per heavy atom. The second-order valence-electron chi connectivity index (χ2n) is 5.81. The lowest BCUT2D eigenvalue weighted by Crippen LogP contribution is -2.13. The van der Waals surface area contributed by atoms with Crippen LogP contribution >= 0.6 is 0 Å². The van der Waals surface area contributed by atoms with E-state index in [1.54, 1.807) is 0 Å². The first-order chi connectivity index (χ1) is 9.88. The minimum absolute atomic E-state index is 0.125. The molecule has 0 saturated heterocycles. The summed E-state index contributed by atoms with van der Waals surface area (Å²) in [5, 5.41) is 9.59. The molecule has 1 aliphatic carbocycles. The first-order valence-corrected chi connectivity index (χ1v) is 7.71. The highest BCUT2D eigenvalue weighted by molar-refractivity contribution is 5.24. The molecule has 2 heteroatoms. The summed E-state index contributed by atoms with van der Waals surface area (Å²) < 4.78 is 2.32. The molecule has 1 saturated carbocycles. The minimum Gasteiger partial charge on any atom is -0.390 e. The normalized spacial score (nSPS) is 16.4. The summed E-state index contributed by atoms with van der Waals surface area (Å²) in [7, 11) is 0. The van der Waals surface area contributed by atoms with Crippen LogP contribution in [0.4, 0.5) is 0 Å². The lowest BCUT2D eigenvalue weighted by atomic mass is 9.87. The van der Waals surface area contributed by atoms with Gasteiger partial charge in [-0.05, 0) is 36.5 Å². The number of hydrogen-bond acceptors (Lipinski definition) is 1. The van der Waals surface area contributed by atoms with Gasteiger partial charge >= 0.3 is 0 Å². The van der Waals surface area contributed by atoms with Gasteiger partial charge in [-0.25, -0.2) is 0 Å². The molecule has 0 unspecified atom stereocenters. The highest BCUT2D eigenvalue weighted by Crippen LogP contribution is 2.34. The zero-order valence-corrected chi connectivity index (χ0v) is 12.0. The average molecular weight is 269 g/mol. The van der Waals surface area contributed by atoms with Crippen molar-refractivity contribution in [2.45, 2.75) is 51.2 Å². The summed E-state index contributed by atoms with van der Waals surface area (Å²) in [6, 6.07) is 14.8. The molecule has 0 amide bonds. The van der Waals surface area contributed by atoms with E-state index in [9.17, 15) is 5.11 Å². The molecule has 1 aromatic carbocycles. The second-order valence-corrected chi connectivity index (χ2v) is 5.81. The first-order valence-electron chi connectivity index (χ1n) is 7.71. The molecular formula is C18H23NO. The van der Waals surface area contributed by atoms with Crippen LogP contribution < -0.4 is 0 Å². The molecule has 20 heavy (non-hydrogen) atoms. The Kier molecular flexibility index (Phi) is 4.22. The Bertz CT molecular complexity index is 538. The number of aliphatic hydroxyl groups excluding tert-OH is 1. The van der Waals surface area contributed by atoms with Crippen LogP contribution in [0.3, 0.4) is 0 Å². The van der Waals surface area contributed by atoms with Crippen LogP contribution in [0.1, 0.15) is 55.0 Å². The fourth-order valence-corrected chi connectivity index (χ4v) is 3.38. The van der Waals surface area contributed by atoms with Crippen molar-refractivity contribution in [3.8, 4) is 0 Å². The Hall–Kier alpha value is -1.54. The number of aliphatic hydroxyl groups is 1. The monoisotopic (exact) mass is 269 g/mol. The quantitative estimate of drug-likeness (QED) is 0.889. The van der Waals surface area contributed by atoms with Gasteiger partial charge in [-0.15, -0.1) is 0 Å². The van der Waals surface area contributed by atoms with Gasteiger partial charge in [-0.1, -0.05) is 49.6 Å². The smallest absolute Gasteiger partial charge is 0.0833 e. The summed E-state index contributed by atoms with van der Waals surface area (Å²) in [4.78, 5) is 0. The molecule has 0 spiro atoms. The topological polar surface area (TPSA) is 25.2 Å². The van der Waals surface area contributed by atoms with Gasteiger partial charge in [0.05, 0.1) is 6.61 Å². The zero-order valence-electron chi connectivity index (χ0n) is 12.0. The molecule has 2 aromatic rings. The zero-order chi connectivity index (χ0) is 13.8. The Balaban J connectivity index is 1.89. The van der Waals surface area contributed by atoms with E-state index in [0.29, 0.717) is 5.92 Å². The largest absolute Gasteiger partial charge is 0.390 e. The van der Waals surface area contributed by atoms with E-state index in [0.717, 1.165) is 12.2 Å². The van der Waals surface area contributed by atoms with Crippen LogP contribution in [0.2, 0.25) is 0 Å². The fraction of sp³-hybridized carbons (Fsp3) is 0.444. The molecule has 1 heterocycles. The van der Waals surface area contributed by atoms with E-state index in [4.69, 9.17) is 0 Å². The van der Waals surface area contributed by atoms with Crippen molar-refractivity contribution in [1.29, 1.82) is 0 Å². The SMILES string of the molecule is OCc1ccc(C2CCCCC2)n1Cc1ccccc1. The van der Waals surface area contributed by atoms with E-state index < -0.39 is 0 Å². The van der Waals surface area contributed by atoms with Gasteiger partial charge in [0, 0.05) is 17.9 Å². The van der Waals surface area contributed by atoms with Crippen molar-refractivity contribution in [3.05, 3.63) is 59.4 Å². The van der Waals surface area contributed by atoms with Gasteiger partial charge in [0.15, 0.2) is 0 Å². The number of nitrogens with zero attached hydrogens (tertiary/aromatic N) is 1. The molecule has 1 fully saturated rings. The molecule has 2 nitrogen and oxygen atoms in total. The van der Waals surface area contributed by atoms with E-state index in [2.05, 4.69) is 41.0 Å². The number of hydrogen-bond donors (Lipinski definition) is 1. The van der Waals surface area contributed by atoms with Gasteiger partial charge in [-0.2, -0.15) is 0 Å². The van der Waals surface area contributed by atoms with Crippen LogP contribution in [0.15, 0.2) is 42.5 Å². The van der Waals surface area contributed by atoms with Crippen LogP contribution in [0, 0.1) is 0 Å². The molecule has 1 aromatic heterocycles. The molecule has 106 valence electrons. The standard InChI is InChI=1S/C18H23NO/c20-14-17-11-12-18(16-9-5-2-6-10-16)19(17)13-15-7-3-1-4-8-15/h1,3-4,7-8,11-12,16,20H,2,5-6,9-10,13-14H2. The van der Waals surface area contributed by atoms with Crippen molar-refractivity contribution in [3.63, 3.8) is 0 Å². The third-order valence-corrected chi connectivity index (χ3v) is 4.47. The molecule has 0 radical (unpaired) electrons. The van der Waals surface area contributed by atoms with Crippen molar-refractivity contribution in [1.82, 2.24) is 4.57 Å². The average Bonchev–Trinajstić information content (AvgIpc) is 2.92. The van der Waals surface area contributed by atoms with Crippen molar-refractivity contribution < 1.29 is 5.11 Å². The van der Waals surface area contributed by atoms with E-state index in [-0.39, 0.29) is 6.61 Å². The summed E-state index contributed by atoms with van der Waals surface area (Å²) in [6.07, 6.45) is 6.65. The van der Waals surface area contributed by atoms with Gasteiger partial charge in [0.2, 0.25) is 0 Å². The number of rotatable bonds is 4. The molecule has 1 N–H and O–H groups in total. The van der Waals surface area contributed by atoms with E-state index in [1.807, 2.05) is 6.07 Å². The maximum absolute atomic E-state index is 9.59. The lowest BCUT2D eigenvalue weighted by Gasteiger charge is -2.24. The number of benzene rings is 1. The van der Waals surface area contributed by atoms with Crippen molar-refractivity contribution >= 4 is 0 Å². The highest BCUT2D eigenvalue weighted by Gasteiger charge is 2.20. The predicted octanol–water partition coefficient (Wildman–Crippen LogP) is 4.08.